The minimum Gasteiger partial charge on any atom is -0.292 e. The van der Waals surface area contributed by atoms with Gasteiger partial charge in [-0.15, -0.1) is 6.58 Å². The lowest BCUT2D eigenvalue weighted by Crippen LogP contribution is -2.23. The van der Waals surface area contributed by atoms with Gasteiger partial charge in [0.1, 0.15) is 0 Å². The number of nitrogens with zero attached hydrogens (tertiary/aromatic N) is 3. The number of aromatic nitrogens is 2. The first-order chi connectivity index (χ1) is 10.7. The van der Waals surface area contributed by atoms with Crippen molar-refractivity contribution in [1.29, 1.82) is 0 Å². The van der Waals surface area contributed by atoms with Crippen LogP contribution in [0.3, 0.4) is 0 Å². The van der Waals surface area contributed by atoms with Crippen LogP contribution in [0.1, 0.15) is 41.3 Å². The zero-order chi connectivity index (χ0) is 15.5. The predicted octanol–water partition coefficient (Wildman–Crippen LogP) is 4.02. The summed E-state index contributed by atoms with van der Waals surface area (Å²) in [5.41, 5.74) is 5.36. The van der Waals surface area contributed by atoms with Crippen LogP contribution in [0.25, 0.3) is 0 Å². The van der Waals surface area contributed by atoms with E-state index < -0.39 is 0 Å². The molecule has 1 fully saturated rings. The highest BCUT2D eigenvalue weighted by molar-refractivity contribution is 5.30. The summed E-state index contributed by atoms with van der Waals surface area (Å²) in [5, 5.41) is 4.58. The van der Waals surface area contributed by atoms with Crippen molar-refractivity contribution in [3.63, 3.8) is 0 Å². The second-order valence-electron chi connectivity index (χ2n) is 6.24. The van der Waals surface area contributed by atoms with E-state index in [0.717, 1.165) is 18.8 Å². The van der Waals surface area contributed by atoms with Crippen molar-refractivity contribution in [2.75, 3.05) is 6.54 Å². The van der Waals surface area contributed by atoms with Gasteiger partial charge in [0.05, 0.1) is 12.2 Å². The van der Waals surface area contributed by atoms with Crippen LogP contribution in [-0.4, -0.2) is 21.2 Å². The molecular formula is C19H25N3. The van der Waals surface area contributed by atoms with Crippen molar-refractivity contribution < 1.29 is 0 Å². The van der Waals surface area contributed by atoms with Crippen LogP contribution in [0.2, 0.25) is 0 Å². The number of benzene rings is 1. The maximum absolute atomic E-state index is 4.58. The molecular weight excluding hydrogens is 270 g/mol. The highest BCUT2D eigenvalue weighted by Gasteiger charge is 2.27. The molecule has 0 N–H and O–H groups in total. The molecule has 1 aromatic carbocycles. The molecule has 2 heterocycles. The number of hydrogen-bond acceptors (Lipinski definition) is 2. The molecule has 0 amide bonds. The Hall–Kier alpha value is -1.87. The maximum Gasteiger partial charge on any atom is 0.0638 e. The van der Waals surface area contributed by atoms with Crippen LogP contribution < -0.4 is 0 Å². The number of allylic oxidation sites excluding steroid dienone is 1. The Morgan fingerprint density at radius 1 is 1.32 bits per heavy atom. The first-order valence-corrected chi connectivity index (χ1v) is 8.12. The molecule has 3 heteroatoms. The summed E-state index contributed by atoms with van der Waals surface area (Å²) in [7, 11) is 0. The van der Waals surface area contributed by atoms with Gasteiger partial charge in [-0.3, -0.25) is 9.58 Å². The summed E-state index contributed by atoms with van der Waals surface area (Å²) in [6.45, 7) is 11.1. The van der Waals surface area contributed by atoms with Crippen LogP contribution in [0.4, 0.5) is 0 Å². The Balaban J connectivity index is 1.79. The van der Waals surface area contributed by atoms with E-state index in [2.05, 4.69) is 60.9 Å². The second-order valence-corrected chi connectivity index (χ2v) is 6.24. The van der Waals surface area contributed by atoms with E-state index in [4.69, 9.17) is 0 Å². The third-order valence-corrected chi connectivity index (χ3v) is 4.65. The topological polar surface area (TPSA) is 21.1 Å². The first kappa shape index (κ1) is 15.0. The molecule has 1 atom stereocenters. The minimum atomic E-state index is 0.545. The van der Waals surface area contributed by atoms with Crippen LogP contribution >= 0.6 is 0 Å². The summed E-state index contributed by atoms with van der Waals surface area (Å²) in [6, 6.07) is 9.34. The molecule has 2 aromatic rings. The molecule has 116 valence electrons. The lowest BCUT2D eigenvalue weighted by Gasteiger charge is -2.25. The smallest absolute Gasteiger partial charge is 0.0638 e. The highest BCUT2D eigenvalue weighted by Crippen LogP contribution is 2.34. The molecule has 0 unspecified atom stereocenters. The van der Waals surface area contributed by atoms with Gasteiger partial charge in [-0.2, -0.15) is 5.10 Å². The quantitative estimate of drug-likeness (QED) is 0.777. The van der Waals surface area contributed by atoms with Crippen molar-refractivity contribution in [1.82, 2.24) is 14.7 Å². The Morgan fingerprint density at radius 3 is 2.91 bits per heavy atom. The SMILES string of the molecule is C=CCn1cc(CN2CCC[C@@H]2c2ccccc2C)c(C)n1. The number of likely N-dealkylation sites (tertiary alicyclic amines) is 1. The second kappa shape index (κ2) is 6.49. The van der Waals surface area contributed by atoms with Gasteiger partial charge in [-0.05, 0) is 44.4 Å². The van der Waals surface area contributed by atoms with E-state index in [1.807, 2.05) is 10.8 Å². The average Bonchev–Trinajstić information content (AvgIpc) is 3.08. The van der Waals surface area contributed by atoms with Crippen molar-refractivity contribution in [3.8, 4) is 0 Å². The number of aryl methyl sites for hydroxylation is 2. The van der Waals surface area contributed by atoms with Gasteiger partial charge in [0, 0.05) is 24.3 Å². The van der Waals surface area contributed by atoms with E-state index >= 15 is 0 Å². The number of rotatable bonds is 5. The largest absolute Gasteiger partial charge is 0.292 e. The standard InChI is InChI=1S/C19H25N3/c1-4-11-22-14-17(16(3)20-22)13-21-12-7-10-19(21)18-9-6-5-8-15(18)2/h4-6,8-9,14,19H,1,7,10-13H2,2-3H3/t19-/m1/s1. The van der Waals surface area contributed by atoms with Gasteiger partial charge in [-0.1, -0.05) is 30.3 Å². The Bertz CT molecular complexity index is 656. The fraction of sp³-hybridized carbons (Fsp3) is 0.421. The molecule has 0 radical (unpaired) electrons. The minimum absolute atomic E-state index is 0.545. The van der Waals surface area contributed by atoms with Crippen molar-refractivity contribution in [2.24, 2.45) is 0 Å². The first-order valence-electron chi connectivity index (χ1n) is 8.12. The molecule has 1 aromatic heterocycles. The Kier molecular flexibility index (Phi) is 4.44. The lowest BCUT2D eigenvalue weighted by molar-refractivity contribution is 0.247. The van der Waals surface area contributed by atoms with Crippen LogP contribution in [0.5, 0.6) is 0 Å². The lowest BCUT2D eigenvalue weighted by atomic mass is 9.99. The molecule has 3 nitrogen and oxygen atoms in total. The van der Waals surface area contributed by atoms with E-state index in [-0.39, 0.29) is 0 Å². The van der Waals surface area contributed by atoms with E-state index in [9.17, 15) is 0 Å². The summed E-state index contributed by atoms with van der Waals surface area (Å²) in [6.07, 6.45) is 6.59. The summed E-state index contributed by atoms with van der Waals surface area (Å²) >= 11 is 0. The molecule has 0 aliphatic carbocycles. The summed E-state index contributed by atoms with van der Waals surface area (Å²) < 4.78 is 1.98. The van der Waals surface area contributed by atoms with Crippen molar-refractivity contribution >= 4 is 0 Å². The molecule has 22 heavy (non-hydrogen) atoms. The highest BCUT2D eigenvalue weighted by atomic mass is 15.3. The van der Waals surface area contributed by atoms with Gasteiger partial charge in [0.25, 0.3) is 0 Å². The van der Waals surface area contributed by atoms with Crippen LogP contribution in [0, 0.1) is 13.8 Å². The molecule has 0 bridgehead atoms. The molecule has 0 spiro atoms. The zero-order valence-electron chi connectivity index (χ0n) is 13.6. The molecule has 1 saturated heterocycles. The normalized spacial score (nSPS) is 18.7. The molecule has 1 aliphatic heterocycles. The zero-order valence-corrected chi connectivity index (χ0v) is 13.6. The third kappa shape index (κ3) is 3.00. The fourth-order valence-corrected chi connectivity index (χ4v) is 3.49. The monoisotopic (exact) mass is 295 g/mol. The third-order valence-electron chi connectivity index (χ3n) is 4.65. The summed E-state index contributed by atoms with van der Waals surface area (Å²) in [4.78, 5) is 2.60. The van der Waals surface area contributed by atoms with Gasteiger partial charge >= 0.3 is 0 Å². The van der Waals surface area contributed by atoms with E-state index in [1.165, 1.54) is 36.1 Å². The van der Waals surface area contributed by atoms with Gasteiger partial charge in [0.2, 0.25) is 0 Å². The fourth-order valence-electron chi connectivity index (χ4n) is 3.49. The number of hydrogen-bond donors (Lipinski definition) is 0. The van der Waals surface area contributed by atoms with E-state index in [1.54, 1.807) is 0 Å². The van der Waals surface area contributed by atoms with Gasteiger partial charge in [0.15, 0.2) is 0 Å². The molecule has 1 aliphatic rings. The van der Waals surface area contributed by atoms with Gasteiger partial charge < -0.3 is 0 Å². The Labute approximate surface area is 133 Å². The summed E-state index contributed by atoms with van der Waals surface area (Å²) in [5.74, 6) is 0. The average molecular weight is 295 g/mol. The van der Waals surface area contributed by atoms with E-state index in [0.29, 0.717) is 6.04 Å². The van der Waals surface area contributed by atoms with Crippen molar-refractivity contribution in [2.45, 2.75) is 45.8 Å². The van der Waals surface area contributed by atoms with Crippen LogP contribution in [0.15, 0.2) is 43.1 Å². The van der Waals surface area contributed by atoms with Crippen molar-refractivity contribution in [3.05, 3.63) is 65.5 Å². The molecule has 0 saturated carbocycles. The predicted molar refractivity (Wildman–Crippen MR) is 90.7 cm³/mol. The Morgan fingerprint density at radius 2 is 2.14 bits per heavy atom. The van der Waals surface area contributed by atoms with Crippen LogP contribution in [-0.2, 0) is 13.1 Å². The van der Waals surface area contributed by atoms with Gasteiger partial charge in [-0.25, -0.2) is 0 Å². The molecule has 3 rings (SSSR count). The maximum atomic E-state index is 4.58.